The highest BCUT2D eigenvalue weighted by Gasteiger charge is 2.17. The van der Waals surface area contributed by atoms with Crippen LogP contribution in [0.4, 0.5) is 0 Å². The van der Waals surface area contributed by atoms with Crippen molar-refractivity contribution >= 4 is 0 Å². The van der Waals surface area contributed by atoms with E-state index in [0.717, 1.165) is 24.3 Å². The van der Waals surface area contributed by atoms with Crippen LogP contribution in [0.25, 0.3) is 5.69 Å². The van der Waals surface area contributed by atoms with Crippen LogP contribution < -0.4 is 16.5 Å². The van der Waals surface area contributed by atoms with Crippen LogP contribution >= 0.6 is 0 Å². The lowest BCUT2D eigenvalue weighted by Crippen LogP contribution is -2.26. The Morgan fingerprint density at radius 1 is 1.04 bits per heavy atom. The Morgan fingerprint density at radius 2 is 1.72 bits per heavy atom. The second-order valence-corrected chi connectivity index (χ2v) is 6.37. The van der Waals surface area contributed by atoms with Crippen molar-refractivity contribution in [2.24, 2.45) is 0 Å². The summed E-state index contributed by atoms with van der Waals surface area (Å²) in [5.41, 5.74) is 9.27. The molecule has 1 aromatic heterocycles. The molecule has 0 spiro atoms. The molecule has 4 rings (SSSR count). The normalized spacial score (nSPS) is 16.2. The van der Waals surface area contributed by atoms with Gasteiger partial charge in [0.1, 0.15) is 6.33 Å². The summed E-state index contributed by atoms with van der Waals surface area (Å²) in [5.74, 6) is 0.460. The van der Waals surface area contributed by atoms with E-state index in [4.69, 9.17) is 0 Å². The van der Waals surface area contributed by atoms with Gasteiger partial charge >= 0.3 is 5.69 Å². The van der Waals surface area contributed by atoms with Gasteiger partial charge in [-0.15, -0.1) is 0 Å². The van der Waals surface area contributed by atoms with Crippen molar-refractivity contribution < 1.29 is 0 Å². The van der Waals surface area contributed by atoms with Gasteiger partial charge in [0, 0.05) is 19.0 Å². The molecular weight excluding hydrogens is 314 g/mol. The predicted octanol–water partition coefficient (Wildman–Crippen LogP) is 1.83. The van der Waals surface area contributed by atoms with Gasteiger partial charge in [-0.1, -0.05) is 42.5 Å². The molecule has 0 bridgehead atoms. The standard InChI is InChI=1S/C19H21N5O/c1-14(15-5-3-2-4-6-15)23-13-22-24(19(23)25)18-9-7-16(8-10-18)17-11-20-21-12-17/h2-10,13-14,17,20-21H,11-12H2,1H3. The first-order chi connectivity index (χ1) is 12.2. The Kier molecular flexibility index (Phi) is 4.21. The quantitative estimate of drug-likeness (QED) is 0.764. The molecule has 6 nitrogen and oxygen atoms in total. The van der Waals surface area contributed by atoms with E-state index in [1.54, 1.807) is 10.9 Å². The van der Waals surface area contributed by atoms with Crippen LogP contribution in [0.15, 0.2) is 65.7 Å². The molecule has 0 saturated carbocycles. The Labute approximate surface area is 146 Å². The molecule has 1 aliphatic rings. The number of hydrogen-bond donors (Lipinski definition) is 2. The summed E-state index contributed by atoms with van der Waals surface area (Å²) in [6.07, 6.45) is 1.61. The number of nitrogens with zero attached hydrogens (tertiary/aromatic N) is 3. The number of nitrogens with one attached hydrogen (secondary N) is 2. The van der Waals surface area contributed by atoms with Gasteiger partial charge in [-0.05, 0) is 30.2 Å². The maximum atomic E-state index is 12.8. The molecule has 1 atom stereocenters. The molecule has 0 amide bonds. The molecule has 128 valence electrons. The number of benzene rings is 2. The van der Waals surface area contributed by atoms with E-state index in [1.165, 1.54) is 10.2 Å². The van der Waals surface area contributed by atoms with Crippen LogP contribution in [0, 0.1) is 0 Å². The summed E-state index contributed by atoms with van der Waals surface area (Å²) >= 11 is 0. The molecule has 2 aromatic carbocycles. The molecule has 0 aliphatic carbocycles. The van der Waals surface area contributed by atoms with E-state index >= 15 is 0 Å². The monoisotopic (exact) mass is 335 g/mol. The molecule has 6 heteroatoms. The third kappa shape index (κ3) is 3.01. The Morgan fingerprint density at radius 3 is 2.40 bits per heavy atom. The third-order valence-electron chi connectivity index (χ3n) is 4.82. The Balaban J connectivity index is 1.61. The summed E-state index contributed by atoms with van der Waals surface area (Å²) < 4.78 is 3.11. The minimum Gasteiger partial charge on any atom is -0.274 e. The zero-order chi connectivity index (χ0) is 17.2. The number of rotatable bonds is 4. The predicted molar refractivity (Wildman–Crippen MR) is 96.8 cm³/mol. The smallest absolute Gasteiger partial charge is 0.274 e. The van der Waals surface area contributed by atoms with Crippen LogP contribution in [0.5, 0.6) is 0 Å². The highest BCUT2D eigenvalue weighted by Crippen LogP contribution is 2.19. The van der Waals surface area contributed by atoms with Gasteiger partial charge in [0.2, 0.25) is 0 Å². The van der Waals surface area contributed by atoms with Crippen molar-refractivity contribution in [2.75, 3.05) is 13.1 Å². The maximum Gasteiger partial charge on any atom is 0.351 e. The molecule has 1 aliphatic heterocycles. The molecular formula is C19H21N5O. The molecule has 25 heavy (non-hydrogen) atoms. The lowest BCUT2D eigenvalue weighted by atomic mass is 10.0. The van der Waals surface area contributed by atoms with Crippen molar-refractivity contribution in [3.63, 3.8) is 0 Å². The summed E-state index contributed by atoms with van der Waals surface area (Å²) in [7, 11) is 0. The van der Waals surface area contributed by atoms with Crippen molar-refractivity contribution in [3.05, 3.63) is 82.5 Å². The zero-order valence-electron chi connectivity index (χ0n) is 14.1. The van der Waals surface area contributed by atoms with Crippen molar-refractivity contribution in [1.29, 1.82) is 0 Å². The average Bonchev–Trinajstić information content (AvgIpc) is 3.32. The fourth-order valence-electron chi connectivity index (χ4n) is 3.24. The van der Waals surface area contributed by atoms with E-state index in [9.17, 15) is 4.79 Å². The van der Waals surface area contributed by atoms with Gasteiger partial charge in [0.15, 0.2) is 0 Å². The van der Waals surface area contributed by atoms with Gasteiger partial charge in [-0.3, -0.25) is 15.4 Å². The molecule has 1 saturated heterocycles. The van der Waals surface area contributed by atoms with Crippen LogP contribution in [-0.4, -0.2) is 27.4 Å². The molecule has 0 radical (unpaired) electrons. The van der Waals surface area contributed by atoms with E-state index in [0.29, 0.717) is 5.92 Å². The second kappa shape index (κ2) is 6.66. The lowest BCUT2D eigenvalue weighted by Gasteiger charge is -2.11. The maximum absolute atomic E-state index is 12.8. The highest BCUT2D eigenvalue weighted by molar-refractivity contribution is 5.35. The van der Waals surface area contributed by atoms with Crippen LogP contribution in [0.1, 0.15) is 30.0 Å². The summed E-state index contributed by atoms with van der Waals surface area (Å²) in [5, 5.41) is 4.30. The molecule has 2 N–H and O–H groups in total. The molecule has 1 unspecified atom stereocenters. The van der Waals surface area contributed by atoms with Gasteiger partial charge in [0.05, 0.1) is 11.7 Å². The first-order valence-electron chi connectivity index (χ1n) is 8.51. The van der Waals surface area contributed by atoms with Gasteiger partial charge in [-0.2, -0.15) is 9.78 Å². The van der Waals surface area contributed by atoms with Gasteiger partial charge in [0.25, 0.3) is 0 Å². The fourth-order valence-corrected chi connectivity index (χ4v) is 3.24. The largest absolute Gasteiger partial charge is 0.351 e. The topological polar surface area (TPSA) is 63.9 Å². The minimum atomic E-state index is -0.131. The lowest BCUT2D eigenvalue weighted by molar-refractivity contribution is 0.609. The average molecular weight is 335 g/mol. The van der Waals surface area contributed by atoms with E-state index in [2.05, 4.69) is 28.1 Å². The number of hydrogen-bond acceptors (Lipinski definition) is 4. The second-order valence-electron chi connectivity index (χ2n) is 6.37. The van der Waals surface area contributed by atoms with Gasteiger partial charge in [-0.25, -0.2) is 4.79 Å². The first kappa shape index (κ1) is 15.8. The summed E-state index contributed by atoms with van der Waals surface area (Å²) in [6, 6.07) is 18.0. The van der Waals surface area contributed by atoms with Gasteiger partial charge < -0.3 is 0 Å². The fraction of sp³-hybridized carbons (Fsp3) is 0.263. The summed E-state index contributed by atoms with van der Waals surface area (Å²) in [4.78, 5) is 12.8. The van der Waals surface area contributed by atoms with Crippen LogP contribution in [-0.2, 0) is 0 Å². The zero-order valence-corrected chi connectivity index (χ0v) is 14.1. The number of aromatic nitrogens is 3. The minimum absolute atomic E-state index is 0.0580. The van der Waals surface area contributed by atoms with Crippen molar-refractivity contribution in [1.82, 2.24) is 25.2 Å². The number of hydrazine groups is 1. The van der Waals surface area contributed by atoms with E-state index in [1.807, 2.05) is 49.4 Å². The molecule has 1 fully saturated rings. The van der Waals surface area contributed by atoms with Crippen LogP contribution in [0.2, 0.25) is 0 Å². The van der Waals surface area contributed by atoms with E-state index < -0.39 is 0 Å². The van der Waals surface area contributed by atoms with E-state index in [-0.39, 0.29) is 11.7 Å². The summed E-state index contributed by atoms with van der Waals surface area (Å²) in [6.45, 7) is 3.84. The first-order valence-corrected chi connectivity index (χ1v) is 8.51. The molecule has 2 heterocycles. The highest BCUT2D eigenvalue weighted by atomic mass is 16.2. The Hall–Kier alpha value is -2.70. The van der Waals surface area contributed by atoms with Crippen molar-refractivity contribution in [3.8, 4) is 5.69 Å². The third-order valence-corrected chi connectivity index (χ3v) is 4.82. The van der Waals surface area contributed by atoms with Crippen molar-refractivity contribution in [2.45, 2.75) is 18.9 Å². The Bertz CT molecular complexity index is 892. The molecule has 3 aromatic rings. The van der Waals surface area contributed by atoms with Crippen LogP contribution in [0.3, 0.4) is 0 Å². The SMILES string of the molecule is CC(c1ccccc1)n1cnn(-c2ccc(C3CNNC3)cc2)c1=O.